The quantitative estimate of drug-likeness (QED) is 0.194. The highest BCUT2D eigenvalue weighted by Gasteiger charge is 2.47. The Labute approximate surface area is 66.5 Å². The van der Waals surface area contributed by atoms with Gasteiger partial charge in [-0.1, -0.05) is 0 Å². The second kappa shape index (κ2) is 2.88. The van der Waals surface area contributed by atoms with Crippen LogP contribution in [0, 0.1) is 5.92 Å². The molecule has 0 aromatic rings. The van der Waals surface area contributed by atoms with Crippen LogP contribution in [0.15, 0.2) is 0 Å². The first-order valence-corrected chi connectivity index (χ1v) is 2.99. The average Bonchev–Trinajstić information content (AvgIpc) is 2.26. The molecule has 0 aliphatic carbocycles. The molecule has 0 amide bonds. The maximum Gasteiger partial charge on any atom is 0.377 e. The van der Waals surface area contributed by atoms with Crippen LogP contribution >= 0.6 is 0 Å². The number of ketones is 1. The van der Waals surface area contributed by atoms with Gasteiger partial charge in [0.2, 0.25) is 0 Å². The van der Waals surface area contributed by atoms with Gasteiger partial charge in [0, 0.05) is 0 Å². The number of cyclic esters (lactones) is 1. The fourth-order valence-electron chi connectivity index (χ4n) is 0.840. The first-order valence-electron chi connectivity index (χ1n) is 2.99. The van der Waals surface area contributed by atoms with Gasteiger partial charge >= 0.3 is 11.9 Å². The third-order valence-electron chi connectivity index (χ3n) is 1.43. The van der Waals surface area contributed by atoms with Gasteiger partial charge in [-0.3, -0.25) is 10.5 Å². The predicted molar refractivity (Wildman–Crippen MR) is 32.8 cm³/mol. The average molecular weight is 174 g/mol. The van der Waals surface area contributed by atoms with E-state index in [0.717, 1.165) is 0 Å². The lowest BCUT2D eigenvalue weighted by atomic mass is 10.1. The lowest BCUT2D eigenvalue weighted by molar-refractivity contribution is -0.153. The molecule has 0 spiro atoms. The molecule has 7 nitrogen and oxygen atoms in total. The van der Waals surface area contributed by atoms with Crippen molar-refractivity contribution in [2.24, 2.45) is 17.5 Å². The normalized spacial score (nSPS) is 28.5. The van der Waals surface area contributed by atoms with Crippen molar-refractivity contribution in [2.45, 2.75) is 6.23 Å². The zero-order valence-electron chi connectivity index (χ0n) is 5.85. The Bertz CT molecular complexity index is 250. The first-order chi connectivity index (χ1) is 5.57. The maximum atomic E-state index is 10.8. The summed E-state index contributed by atoms with van der Waals surface area (Å²) >= 11 is 0. The number of ether oxygens (including phenoxy) is 1. The molecule has 0 bridgehead atoms. The van der Waals surface area contributed by atoms with E-state index in [0.29, 0.717) is 0 Å². The summed E-state index contributed by atoms with van der Waals surface area (Å²) in [7, 11) is 0. The van der Waals surface area contributed by atoms with Crippen LogP contribution in [0.4, 0.5) is 0 Å². The van der Waals surface area contributed by atoms with Gasteiger partial charge in [0.1, 0.15) is 0 Å². The van der Waals surface area contributed by atoms with Crippen LogP contribution in [-0.4, -0.2) is 23.9 Å². The van der Waals surface area contributed by atoms with Gasteiger partial charge in [0.05, 0.1) is 0 Å². The number of nitrogens with two attached hydrogens (primary N) is 2. The molecule has 1 fully saturated rings. The van der Waals surface area contributed by atoms with E-state index in [4.69, 9.17) is 5.73 Å². The Morgan fingerprint density at radius 2 is 2.08 bits per heavy atom. The Morgan fingerprint density at radius 3 is 2.42 bits per heavy atom. The van der Waals surface area contributed by atoms with E-state index in [1.165, 1.54) is 0 Å². The summed E-state index contributed by atoms with van der Waals surface area (Å²) in [5.74, 6) is -0.172. The van der Waals surface area contributed by atoms with Crippen molar-refractivity contribution >= 4 is 17.7 Å². The molecule has 1 aliphatic rings. The Hall–Kier alpha value is -1.47. The van der Waals surface area contributed by atoms with Crippen molar-refractivity contribution in [1.82, 2.24) is 0 Å². The molecule has 1 aliphatic heterocycles. The fourth-order valence-corrected chi connectivity index (χ4v) is 0.840. The summed E-state index contributed by atoms with van der Waals surface area (Å²) in [6, 6.07) is 0. The third kappa shape index (κ3) is 1.15. The molecule has 2 atom stereocenters. The predicted octanol–water partition coefficient (Wildman–Crippen LogP) is -2.57. The summed E-state index contributed by atoms with van der Waals surface area (Å²) in [6.45, 7) is 0. The molecule has 7 heteroatoms. The Morgan fingerprint density at radius 1 is 1.50 bits per heavy atom. The molecule has 2 unspecified atom stereocenters. The minimum absolute atomic E-state index is 1.03. The number of esters is 1. The third-order valence-corrected chi connectivity index (χ3v) is 1.43. The minimum atomic E-state index is -1.43. The molecular weight excluding hydrogens is 168 g/mol. The standard InChI is InChI=1S/C5H6N2O5/c6-3-1(4(9)12-7)2(8)5(10)11-3/h1,3H,6-7H2. The second-order valence-electron chi connectivity index (χ2n) is 2.15. The van der Waals surface area contributed by atoms with Gasteiger partial charge in [-0.25, -0.2) is 9.59 Å². The van der Waals surface area contributed by atoms with E-state index in [1.807, 2.05) is 0 Å². The minimum Gasteiger partial charge on any atom is -0.440 e. The van der Waals surface area contributed by atoms with E-state index >= 15 is 0 Å². The number of rotatable bonds is 1. The molecular formula is C5H6N2O5. The van der Waals surface area contributed by atoms with E-state index in [1.54, 1.807) is 0 Å². The number of carbonyl (C=O) groups is 3. The van der Waals surface area contributed by atoms with E-state index in [9.17, 15) is 14.4 Å². The zero-order chi connectivity index (χ0) is 9.30. The van der Waals surface area contributed by atoms with Crippen molar-refractivity contribution in [2.75, 3.05) is 0 Å². The van der Waals surface area contributed by atoms with Crippen molar-refractivity contribution in [3.63, 3.8) is 0 Å². The number of hydrogen-bond donors (Lipinski definition) is 2. The van der Waals surface area contributed by atoms with Crippen LogP contribution in [0.25, 0.3) is 0 Å². The van der Waals surface area contributed by atoms with Crippen molar-refractivity contribution in [1.29, 1.82) is 0 Å². The monoisotopic (exact) mass is 174 g/mol. The Kier molecular flexibility index (Phi) is 2.07. The highest BCUT2D eigenvalue weighted by Crippen LogP contribution is 2.15. The van der Waals surface area contributed by atoms with Gasteiger partial charge in [0.15, 0.2) is 12.1 Å². The summed E-state index contributed by atoms with van der Waals surface area (Å²) in [5, 5.41) is 0. The van der Waals surface area contributed by atoms with Crippen LogP contribution in [0.2, 0.25) is 0 Å². The smallest absolute Gasteiger partial charge is 0.377 e. The Balaban J connectivity index is 2.83. The molecule has 66 valence electrons. The molecule has 0 saturated carbocycles. The van der Waals surface area contributed by atoms with E-state index < -0.39 is 29.9 Å². The van der Waals surface area contributed by atoms with Crippen molar-refractivity contribution < 1.29 is 24.0 Å². The van der Waals surface area contributed by atoms with Gasteiger partial charge < -0.3 is 9.57 Å². The van der Waals surface area contributed by atoms with Crippen LogP contribution in [0.1, 0.15) is 0 Å². The largest absolute Gasteiger partial charge is 0.440 e. The maximum absolute atomic E-state index is 10.8. The topological polar surface area (TPSA) is 122 Å². The van der Waals surface area contributed by atoms with E-state index in [-0.39, 0.29) is 0 Å². The molecule has 0 radical (unpaired) electrons. The highest BCUT2D eigenvalue weighted by atomic mass is 16.7. The number of Topliss-reactive ketones (excluding diaryl/α,β-unsaturated/α-hetero) is 1. The molecule has 4 N–H and O–H groups in total. The van der Waals surface area contributed by atoms with Crippen LogP contribution in [0.5, 0.6) is 0 Å². The van der Waals surface area contributed by atoms with Gasteiger partial charge in [-0.2, -0.15) is 5.90 Å². The first kappa shape index (κ1) is 8.62. The number of carbonyl (C=O) groups excluding carboxylic acids is 3. The van der Waals surface area contributed by atoms with Gasteiger partial charge in [0.25, 0.3) is 5.78 Å². The lowest BCUT2D eigenvalue weighted by Gasteiger charge is -2.06. The SMILES string of the molecule is NOC(=O)C1C(=O)C(=O)OC1N. The second-order valence-corrected chi connectivity index (χ2v) is 2.15. The highest BCUT2D eigenvalue weighted by molar-refractivity contribution is 6.39. The fraction of sp³-hybridized carbons (Fsp3) is 0.400. The molecule has 1 rings (SSSR count). The molecule has 0 aromatic heterocycles. The van der Waals surface area contributed by atoms with Crippen molar-refractivity contribution in [3.05, 3.63) is 0 Å². The number of hydrogen-bond acceptors (Lipinski definition) is 7. The van der Waals surface area contributed by atoms with Crippen molar-refractivity contribution in [3.8, 4) is 0 Å². The van der Waals surface area contributed by atoms with Gasteiger partial charge in [-0.05, 0) is 0 Å². The molecule has 0 aromatic carbocycles. The van der Waals surface area contributed by atoms with E-state index in [2.05, 4.69) is 15.5 Å². The lowest BCUT2D eigenvalue weighted by Crippen LogP contribution is -2.37. The summed E-state index contributed by atoms with van der Waals surface area (Å²) in [6.07, 6.45) is -1.29. The van der Waals surface area contributed by atoms with Gasteiger partial charge in [-0.15, -0.1) is 0 Å². The molecule has 1 saturated heterocycles. The van der Waals surface area contributed by atoms with Crippen LogP contribution < -0.4 is 11.6 Å². The zero-order valence-corrected chi connectivity index (χ0v) is 5.85. The van der Waals surface area contributed by atoms with Crippen LogP contribution in [-0.2, 0) is 24.0 Å². The molecule has 1 heterocycles. The van der Waals surface area contributed by atoms with Crippen LogP contribution in [0.3, 0.4) is 0 Å². The summed E-state index contributed by atoms with van der Waals surface area (Å²) < 4.78 is 4.24. The molecule has 12 heavy (non-hydrogen) atoms. The summed E-state index contributed by atoms with van der Waals surface area (Å²) in [5.41, 5.74) is 5.12. The summed E-state index contributed by atoms with van der Waals surface area (Å²) in [4.78, 5) is 35.8.